The van der Waals surface area contributed by atoms with Crippen LogP contribution >= 0.6 is 0 Å². The van der Waals surface area contributed by atoms with Crippen LogP contribution in [0.15, 0.2) is 309 Å². The molecule has 5 heterocycles. The van der Waals surface area contributed by atoms with E-state index in [-0.39, 0.29) is 6.71 Å². The van der Waals surface area contributed by atoms with Crippen molar-refractivity contribution < 1.29 is 0 Å². The molecule has 0 N–H and O–H groups in total. The Bertz CT molecular complexity index is 5540. The summed E-state index contributed by atoms with van der Waals surface area (Å²) in [5.41, 5.74) is 33.9. The average molecular weight is 1160 g/mol. The fourth-order valence-corrected chi connectivity index (χ4v) is 16.1. The predicted molar refractivity (Wildman–Crippen MR) is 385 cm³/mol. The van der Waals surface area contributed by atoms with Gasteiger partial charge in [0.15, 0.2) is 0 Å². The number of aryl methyl sites for hydroxylation is 2. The highest BCUT2D eigenvalue weighted by molar-refractivity contribution is 7.00. The topological polar surface area (TPSA) is 16.3 Å². The van der Waals surface area contributed by atoms with Crippen LogP contribution in [-0.4, -0.2) is 15.8 Å². The maximum absolute atomic E-state index is 2.70. The smallest absolute Gasteiger partial charge is 0.252 e. The van der Waals surface area contributed by atoms with Gasteiger partial charge in [0, 0.05) is 77.9 Å². The minimum Gasteiger partial charge on any atom is -0.310 e. The van der Waals surface area contributed by atoms with Gasteiger partial charge in [-0.1, -0.05) is 248 Å². The van der Waals surface area contributed by atoms with Gasteiger partial charge < -0.3 is 18.9 Å². The quantitative estimate of drug-likeness (QED) is 0.154. The largest absolute Gasteiger partial charge is 0.310 e. The Morgan fingerprint density at radius 3 is 1.05 bits per heavy atom. The lowest BCUT2D eigenvalue weighted by Gasteiger charge is -2.46. The lowest BCUT2D eigenvalue weighted by Crippen LogP contribution is -2.61. The first kappa shape index (κ1) is 51.4. The molecule has 0 spiro atoms. The summed E-state index contributed by atoms with van der Waals surface area (Å²) in [6.07, 6.45) is 0. The summed E-state index contributed by atoms with van der Waals surface area (Å²) in [5, 5.41) is 4.93. The van der Waals surface area contributed by atoms with Crippen LogP contribution in [0.3, 0.4) is 0 Å². The fourth-order valence-electron chi connectivity index (χ4n) is 16.1. The van der Waals surface area contributed by atoms with E-state index in [1.54, 1.807) is 0 Å². The van der Waals surface area contributed by atoms with Gasteiger partial charge in [-0.2, -0.15) is 0 Å². The van der Waals surface area contributed by atoms with Crippen molar-refractivity contribution in [2.75, 3.05) is 9.80 Å². The third kappa shape index (κ3) is 7.65. The molecule has 3 aliphatic heterocycles. The summed E-state index contributed by atoms with van der Waals surface area (Å²) in [6, 6.07) is 117. The van der Waals surface area contributed by atoms with Gasteiger partial charge in [0.1, 0.15) is 0 Å². The van der Waals surface area contributed by atoms with Gasteiger partial charge in [0.25, 0.3) is 6.71 Å². The maximum Gasteiger partial charge on any atom is 0.252 e. The van der Waals surface area contributed by atoms with E-state index in [0.717, 1.165) is 95.6 Å². The second-order valence-electron chi connectivity index (χ2n) is 24.8. The summed E-state index contributed by atoms with van der Waals surface area (Å²) in [6.45, 7) is 4.36. The number of hydrogen-bond donors (Lipinski definition) is 0. The molecule has 14 aromatic carbocycles. The van der Waals surface area contributed by atoms with Crippen LogP contribution < -0.4 is 26.2 Å². The molecule has 5 heteroatoms. The predicted octanol–water partition coefficient (Wildman–Crippen LogP) is 20.9. The first-order chi connectivity index (χ1) is 45.0. The van der Waals surface area contributed by atoms with Gasteiger partial charge in [-0.15, -0.1) is 0 Å². The third-order valence-corrected chi connectivity index (χ3v) is 19.7. The van der Waals surface area contributed by atoms with Crippen molar-refractivity contribution in [3.8, 4) is 78.1 Å². The van der Waals surface area contributed by atoms with Gasteiger partial charge in [-0.3, -0.25) is 0 Å². The van der Waals surface area contributed by atoms with Crippen molar-refractivity contribution in [1.29, 1.82) is 0 Å². The summed E-state index contributed by atoms with van der Waals surface area (Å²) in [7, 11) is 0. The molecule has 0 atom stereocenters. The van der Waals surface area contributed by atoms with Gasteiger partial charge >= 0.3 is 0 Å². The van der Waals surface area contributed by atoms with E-state index in [2.05, 4.69) is 342 Å². The average Bonchev–Trinajstić information content (AvgIpc) is 0.955. The highest BCUT2D eigenvalue weighted by Gasteiger charge is 2.46. The van der Waals surface area contributed by atoms with Crippen molar-refractivity contribution in [3.63, 3.8) is 0 Å². The maximum atomic E-state index is 2.70. The van der Waals surface area contributed by atoms with Crippen LogP contribution in [0.1, 0.15) is 11.1 Å². The molecular formula is C86H57BN4. The first-order valence-electron chi connectivity index (χ1n) is 31.7. The number of rotatable bonds is 6. The zero-order valence-corrected chi connectivity index (χ0v) is 50.3. The zero-order valence-electron chi connectivity index (χ0n) is 50.3. The molecule has 4 bridgehead atoms. The molecular weight excluding hydrogens is 1100 g/mol. The van der Waals surface area contributed by atoms with Gasteiger partial charge in [0.2, 0.25) is 0 Å². The first-order valence-corrected chi connectivity index (χ1v) is 31.7. The Balaban J connectivity index is 1.02. The number of nitrogens with zero attached hydrogens (tertiary/aromatic N) is 4. The number of fused-ring (bicyclic) bond motifs is 20. The van der Waals surface area contributed by atoms with Crippen molar-refractivity contribution in [2.45, 2.75) is 13.8 Å². The summed E-state index contributed by atoms with van der Waals surface area (Å²) >= 11 is 0. The van der Waals surface area contributed by atoms with E-state index < -0.39 is 0 Å². The Kier molecular flexibility index (Phi) is 11.3. The number of benzene rings is 14. The van der Waals surface area contributed by atoms with Crippen LogP contribution in [0, 0.1) is 13.8 Å². The summed E-state index contributed by atoms with van der Waals surface area (Å²) < 4.78 is 4.98. The van der Waals surface area contributed by atoms with E-state index in [0.29, 0.717) is 0 Å². The van der Waals surface area contributed by atoms with Gasteiger partial charge in [-0.05, 0) is 147 Å². The second kappa shape index (κ2) is 19.9. The van der Waals surface area contributed by atoms with Crippen LogP contribution in [0.4, 0.5) is 34.1 Å². The van der Waals surface area contributed by atoms with Crippen molar-refractivity contribution in [3.05, 3.63) is 321 Å². The highest BCUT2D eigenvalue weighted by Crippen LogP contribution is 2.55. The standard InChI is InChI=1S/C86H57BN4/c1-54-47-55(2)83-61-50-81-84-82(51-61)91(86-66(58-27-10-5-11-28-58)37-22-38-67(86)59-29-20-30-60(49-59)72(83)48-54)80-53-63(89-77-41-18-14-33-70(77)71-34-15-19-42-78(71)89)44-46-74(80)87(84)73-45-43-62(88-75-39-16-12-31-68(75)69-32-13-17-40-76(69)88)52-79(73)90(81)85-64(56-23-6-3-7-24-56)35-21-36-65(85)57-25-8-4-9-26-57/h3-53H,1-2H3. The van der Waals surface area contributed by atoms with Crippen molar-refractivity contribution in [2.24, 2.45) is 0 Å². The normalized spacial score (nSPS) is 12.7. The molecule has 0 aliphatic carbocycles. The van der Waals surface area contributed by atoms with Gasteiger partial charge in [0.05, 0.1) is 33.4 Å². The van der Waals surface area contributed by atoms with Gasteiger partial charge in [-0.25, -0.2) is 0 Å². The lowest BCUT2D eigenvalue weighted by molar-refractivity contribution is 1.17. The molecule has 0 saturated carbocycles. The number of anilines is 6. The molecule has 91 heavy (non-hydrogen) atoms. The summed E-state index contributed by atoms with van der Waals surface area (Å²) in [5.74, 6) is 0. The Morgan fingerprint density at radius 1 is 0.264 bits per heavy atom. The number of para-hydroxylation sites is 6. The van der Waals surface area contributed by atoms with Crippen molar-refractivity contribution >= 4 is 101 Å². The van der Waals surface area contributed by atoms with E-state index >= 15 is 0 Å². The number of hydrogen-bond acceptors (Lipinski definition) is 2. The van der Waals surface area contributed by atoms with Crippen molar-refractivity contribution in [1.82, 2.24) is 9.13 Å². The molecule has 0 unspecified atom stereocenters. The Hall–Kier alpha value is -11.7. The molecule has 3 aliphatic rings. The van der Waals surface area contributed by atoms with Crippen LogP contribution in [0.5, 0.6) is 0 Å². The lowest BCUT2D eigenvalue weighted by atomic mass is 9.33. The molecule has 16 aromatic rings. The molecule has 0 fully saturated rings. The van der Waals surface area contributed by atoms with E-state index in [4.69, 9.17) is 0 Å². The SMILES string of the molecule is Cc1cc(C)c2c(c1)-c1cccc(c1)-c1cccc(-c3ccccc3)c1N1c3cc(-n4c5ccccc5c5ccccc54)ccc3B3c4ccc(-n5c6ccccc6c6ccccc65)cc4N(c4c(-c5ccccc5)cccc4-c4ccccc4)c4cc-2cc1c43. The fraction of sp³-hybridized carbons (Fsp3) is 0.0233. The van der Waals surface area contributed by atoms with E-state index in [1.165, 1.54) is 87.8 Å². The molecule has 4 nitrogen and oxygen atoms in total. The number of aromatic nitrogens is 2. The molecule has 424 valence electrons. The monoisotopic (exact) mass is 1160 g/mol. The van der Waals surface area contributed by atoms with Crippen LogP contribution in [-0.2, 0) is 0 Å². The summed E-state index contributed by atoms with van der Waals surface area (Å²) in [4.78, 5) is 5.39. The highest BCUT2D eigenvalue weighted by atomic mass is 15.2. The molecule has 2 aromatic heterocycles. The molecule has 0 amide bonds. The molecule has 0 radical (unpaired) electrons. The second-order valence-corrected chi connectivity index (χ2v) is 24.8. The van der Waals surface area contributed by atoms with Crippen LogP contribution in [0.2, 0.25) is 0 Å². The van der Waals surface area contributed by atoms with E-state index in [1.807, 2.05) is 0 Å². The zero-order chi connectivity index (χ0) is 60.0. The Labute approximate surface area is 529 Å². The third-order valence-electron chi connectivity index (χ3n) is 19.7. The minimum absolute atomic E-state index is 0.211. The molecule has 19 rings (SSSR count). The van der Waals surface area contributed by atoms with E-state index in [9.17, 15) is 0 Å². The Morgan fingerprint density at radius 2 is 0.626 bits per heavy atom. The minimum atomic E-state index is -0.211. The van der Waals surface area contributed by atoms with Crippen LogP contribution in [0.25, 0.3) is 122 Å². The molecule has 0 saturated heterocycles.